The fourth-order valence-corrected chi connectivity index (χ4v) is 0.962. The number of aromatic nitrogens is 1. The summed E-state index contributed by atoms with van der Waals surface area (Å²) in [4.78, 5) is 2.73. The molecule has 0 fully saturated rings. The van der Waals surface area contributed by atoms with Crippen LogP contribution in [0.3, 0.4) is 0 Å². The van der Waals surface area contributed by atoms with Gasteiger partial charge in [0.1, 0.15) is 0 Å². The maximum atomic E-state index is 9.12. The first-order valence-corrected chi connectivity index (χ1v) is 3.69. The quantitative estimate of drug-likeness (QED) is 0.660. The molecule has 0 unspecified atom stereocenters. The number of unbranched alkanes of at least 4 members (excludes halogenated alkanes) is 1. The van der Waals surface area contributed by atoms with Gasteiger partial charge in [-0.2, -0.15) is 0 Å². The van der Waals surface area contributed by atoms with Crippen molar-refractivity contribution in [2.45, 2.75) is 26.2 Å². The van der Waals surface area contributed by atoms with Crippen LogP contribution in [0.25, 0.3) is 0 Å². The maximum Gasteiger partial charge on any atom is 0.191 e. The Balaban J connectivity index is 2.49. The van der Waals surface area contributed by atoms with E-state index in [9.17, 15) is 0 Å². The average molecular weight is 139 g/mol. The van der Waals surface area contributed by atoms with Crippen LogP contribution in [0.2, 0.25) is 0 Å². The highest BCUT2D eigenvalue weighted by Crippen LogP contribution is 2.15. The number of aromatic hydroxyl groups is 1. The molecule has 0 aliphatic rings. The first-order chi connectivity index (χ1) is 4.84. The van der Waals surface area contributed by atoms with E-state index in [0.717, 1.165) is 18.4 Å². The Morgan fingerprint density at radius 3 is 2.90 bits per heavy atom. The van der Waals surface area contributed by atoms with Crippen molar-refractivity contribution in [1.29, 1.82) is 0 Å². The lowest BCUT2D eigenvalue weighted by Crippen LogP contribution is -1.80. The third-order valence-electron chi connectivity index (χ3n) is 1.61. The average Bonchev–Trinajstić information content (AvgIpc) is 2.31. The van der Waals surface area contributed by atoms with Crippen molar-refractivity contribution in [3.63, 3.8) is 0 Å². The summed E-state index contributed by atoms with van der Waals surface area (Å²) in [5, 5.41) is 9.12. The van der Waals surface area contributed by atoms with Gasteiger partial charge in [0.25, 0.3) is 0 Å². The van der Waals surface area contributed by atoms with Gasteiger partial charge in [-0.1, -0.05) is 13.3 Å². The Hall–Kier alpha value is -0.920. The summed E-state index contributed by atoms with van der Waals surface area (Å²) in [5.74, 6) is 0.327. The van der Waals surface area contributed by atoms with Crippen molar-refractivity contribution >= 4 is 0 Å². The van der Waals surface area contributed by atoms with Crippen LogP contribution >= 0.6 is 0 Å². The molecule has 0 aliphatic carbocycles. The molecule has 1 aromatic heterocycles. The van der Waals surface area contributed by atoms with Crippen LogP contribution in [-0.2, 0) is 6.42 Å². The zero-order valence-corrected chi connectivity index (χ0v) is 6.22. The third kappa shape index (κ3) is 1.53. The Bertz CT molecular complexity index is 193. The van der Waals surface area contributed by atoms with Gasteiger partial charge in [0, 0.05) is 11.8 Å². The molecular weight excluding hydrogens is 126 g/mol. The van der Waals surface area contributed by atoms with Gasteiger partial charge in [-0.3, -0.25) is 0 Å². The fraction of sp³-hybridized carbons (Fsp3) is 0.500. The summed E-state index contributed by atoms with van der Waals surface area (Å²) in [7, 11) is 0. The van der Waals surface area contributed by atoms with Crippen LogP contribution in [-0.4, -0.2) is 10.1 Å². The molecule has 1 heterocycles. The normalized spacial score (nSPS) is 10.1. The molecule has 56 valence electrons. The van der Waals surface area contributed by atoms with E-state index in [1.807, 2.05) is 6.07 Å². The van der Waals surface area contributed by atoms with Crippen LogP contribution in [0.5, 0.6) is 5.88 Å². The summed E-state index contributed by atoms with van der Waals surface area (Å²) >= 11 is 0. The van der Waals surface area contributed by atoms with Crippen molar-refractivity contribution < 1.29 is 5.11 Å². The van der Waals surface area contributed by atoms with Crippen molar-refractivity contribution in [3.05, 3.63) is 17.8 Å². The van der Waals surface area contributed by atoms with Crippen LogP contribution in [0.15, 0.2) is 12.3 Å². The number of aryl methyl sites for hydroxylation is 1. The Kier molecular flexibility index (Phi) is 2.37. The van der Waals surface area contributed by atoms with Crippen LogP contribution in [0.1, 0.15) is 25.3 Å². The van der Waals surface area contributed by atoms with Crippen molar-refractivity contribution in [2.24, 2.45) is 0 Å². The Morgan fingerprint density at radius 2 is 2.40 bits per heavy atom. The molecule has 0 saturated carbocycles. The molecule has 2 N–H and O–H groups in total. The summed E-state index contributed by atoms with van der Waals surface area (Å²) in [6, 6.07) is 1.92. The van der Waals surface area contributed by atoms with E-state index in [2.05, 4.69) is 11.9 Å². The minimum Gasteiger partial charge on any atom is -0.494 e. The number of rotatable bonds is 3. The SMILES string of the molecule is CCCCc1cc[nH]c1O. The lowest BCUT2D eigenvalue weighted by molar-refractivity contribution is 0.449. The summed E-state index contributed by atoms with van der Waals surface area (Å²) < 4.78 is 0. The number of aromatic amines is 1. The molecule has 0 bridgehead atoms. The van der Waals surface area contributed by atoms with Gasteiger partial charge in [0.05, 0.1) is 0 Å². The largest absolute Gasteiger partial charge is 0.494 e. The van der Waals surface area contributed by atoms with Gasteiger partial charge < -0.3 is 10.1 Å². The molecule has 0 amide bonds. The highest BCUT2D eigenvalue weighted by molar-refractivity contribution is 5.24. The minimum atomic E-state index is 0.327. The molecule has 0 saturated heterocycles. The van der Waals surface area contributed by atoms with Gasteiger partial charge in [0.15, 0.2) is 5.88 Å². The lowest BCUT2D eigenvalue weighted by Gasteiger charge is -1.94. The van der Waals surface area contributed by atoms with E-state index < -0.39 is 0 Å². The first-order valence-electron chi connectivity index (χ1n) is 3.69. The second-order valence-corrected chi connectivity index (χ2v) is 2.46. The summed E-state index contributed by atoms with van der Waals surface area (Å²) in [6.07, 6.45) is 5.06. The smallest absolute Gasteiger partial charge is 0.191 e. The fourth-order valence-electron chi connectivity index (χ4n) is 0.962. The predicted octanol–water partition coefficient (Wildman–Crippen LogP) is 2.06. The molecule has 0 radical (unpaired) electrons. The van der Waals surface area contributed by atoms with E-state index >= 15 is 0 Å². The Morgan fingerprint density at radius 1 is 1.60 bits per heavy atom. The van der Waals surface area contributed by atoms with Crippen LogP contribution in [0, 0.1) is 0 Å². The zero-order valence-electron chi connectivity index (χ0n) is 6.22. The standard InChI is InChI=1S/C8H13NO/c1-2-3-4-7-5-6-9-8(7)10/h5-6,9-10H,2-4H2,1H3. The molecule has 1 aromatic rings. The molecule has 0 atom stereocenters. The van der Waals surface area contributed by atoms with E-state index in [4.69, 9.17) is 5.11 Å². The van der Waals surface area contributed by atoms with Gasteiger partial charge in [0.2, 0.25) is 0 Å². The molecule has 2 nitrogen and oxygen atoms in total. The molecular formula is C8H13NO. The predicted molar refractivity (Wildman–Crippen MR) is 41.1 cm³/mol. The number of hydrogen-bond acceptors (Lipinski definition) is 1. The molecule has 2 heteroatoms. The van der Waals surface area contributed by atoms with Crippen LogP contribution < -0.4 is 0 Å². The van der Waals surface area contributed by atoms with Crippen LogP contribution in [0.4, 0.5) is 0 Å². The second-order valence-electron chi connectivity index (χ2n) is 2.46. The van der Waals surface area contributed by atoms with Gasteiger partial charge >= 0.3 is 0 Å². The van der Waals surface area contributed by atoms with Gasteiger partial charge in [-0.25, -0.2) is 0 Å². The van der Waals surface area contributed by atoms with E-state index in [0.29, 0.717) is 5.88 Å². The molecule has 0 spiro atoms. The van der Waals surface area contributed by atoms with Crippen molar-refractivity contribution in [1.82, 2.24) is 4.98 Å². The van der Waals surface area contributed by atoms with E-state index in [1.54, 1.807) is 6.20 Å². The van der Waals surface area contributed by atoms with Crippen molar-refractivity contribution in [3.8, 4) is 5.88 Å². The van der Waals surface area contributed by atoms with E-state index in [1.165, 1.54) is 6.42 Å². The minimum absolute atomic E-state index is 0.327. The van der Waals surface area contributed by atoms with Gasteiger partial charge in [-0.15, -0.1) is 0 Å². The molecule has 1 rings (SSSR count). The topological polar surface area (TPSA) is 36.0 Å². The Labute approximate surface area is 60.9 Å². The zero-order chi connectivity index (χ0) is 7.40. The highest BCUT2D eigenvalue weighted by atomic mass is 16.3. The molecule has 10 heavy (non-hydrogen) atoms. The maximum absolute atomic E-state index is 9.12. The number of H-pyrrole nitrogens is 1. The first kappa shape index (κ1) is 7.19. The lowest BCUT2D eigenvalue weighted by atomic mass is 10.1. The summed E-state index contributed by atoms with van der Waals surface area (Å²) in [5.41, 5.74) is 1.03. The monoisotopic (exact) mass is 139 g/mol. The number of nitrogens with one attached hydrogen (secondary N) is 1. The molecule has 0 aliphatic heterocycles. The van der Waals surface area contributed by atoms with Crippen molar-refractivity contribution in [2.75, 3.05) is 0 Å². The highest BCUT2D eigenvalue weighted by Gasteiger charge is 1.98. The second kappa shape index (κ2) is 3.30. The summed E-state index contributed by atoms with van der Waals surface area (Å²) in [6.45, 7) is 2.14. The van der Waals surface area contributed by atoms with E-state index in [-0.39, 0.29) is 0 Å². The van der Waals surface area contributed by atoms with Gasteiger partial charge in [-0.05, 0) is 18.9 Å². The third-order valence-corrected chi connectivity index (χ3v) is 1.61. The number of hydrogen-bond donors (Lipinski definition) is 2. The molecule has 0 aromatic carbocycles.